The molecule has 17 heavy (non-hydrogen) atoms. The summed E-state index contributed by atoms with van der Waals surface area (Å²) in [4.78, 5) is 11.9. The van der Waals surface area contributed by atoms with Gasteiger partial charge < -0.3 is 0 Å². The van der Waals surface area contributed by atoms with E-state index in [-0.39, 0.29) is 18.0 Å². The van der Waals surface area contributed by atoms with E-state index in [0.717, 1.165) is 6.42 Å². The van der Waals surface area contributed by atoms with E-state index in [4.69, 9.17) is 0 Å². The van der Waals surface area contributed by atoms with E-state index in [2.05, 4.69) is 0 Å². The molecule has 1 rings (SSSR count). The third kappa shape index (κ3) is 3.66. The van der Waals surface area contributed by atoms with E-state index >= 15 is 0 Å². The first kappa shape index (κ1) is 13.9. The van der Waals surface area contributed by atoms with Crippen LogP contribution >= 0.6 is 0 Å². The zero-order chi connectivity index (χ0) is 12.9. The van der Waals surface area contributed by atoms with Crippen molar-refractivity contribution in [2.45, 2.75) is 38.0 Å². The van der Waals surface area contributed by atoms with Crippen molar-refractivity contribution in [3.8, 4) is 0 Å². The fraction of sp³-hybridized carbons (Fsp3) is 0.462. The highest BCUT2D eigenvalue weighted by molar-refractivity contribution is 7.91. The Morgan fingerprint density at radius 1 is 1.18 bits per heavy atom. The quantitative estimate of drug-likeness (QED) is 0.783. The van der Waals surface area contributed by atoms with E-state index < -0.39 is 9.84 Å². The first-order valence-corrected chi connectivity index (χ1v) is 7.48. The lowest BCUT2D eigenvalue weighted by Crippen LogP contribution is -2.10. The van der Waals surface area contributed by atoms with Crippen LogP contribution in [0.5, 0.6) is 0 Å². The molecule has 0 amide bonds. The molecule has 0 aromatic heterocycles. The molecule has 0 saturated carbocycles. The number of benzene rings is 1. The highest BCUT2D eigenvalue weighted by Gasteiger charge is 2.17. The minimum absolute atomic E-state index is 0.0615. The van der Waals surface area contributed by atoms with Crippen molar-refractivity contribution in [2.24, 2.45) is 0 Å². The molecule has 0 fully saturated rings. The minimum Gasteiger partial charge on any atom is -0.299 e. The van der Waals surface area contributed by atoms with E-state index in [0.29, 0.717) is 16.9 Å². The maximum atomic E-state index is 11.8. The Kier molecular flexibility index (Phi) is 4.87. The van der Waals surface area contributed by atoms with E-state index in [1.54, 1.807) is 31.2 Å². The van der Waals surface area contributed by atoms with Crippen LogP contribution < -0.4 is 0 Å². The molecule has 1 aromatic rings. The zero-order valence-corrected chi connectivity index (χ0v) is 11.1. The third-order valence-corrected chi connectivity index (χ3v) is 4.43. The summed E-state index contributed by atoms with van der Waals surface area (Å²) in [6.45, 7) is 3.55. The number of hydrogen-bond acceptors (Lipinski definition) is 3. The Morgan fingerprint density at radius 2 is 1.82 bits per heavy atom. The molecule has 0 spiro atoms. The normalized spacial score (nSPS) is 11.4. The summed E-state index contributed by atoms with van der Waals surface area (Å²) in [7, 11) is -3.24. The number of carbonyl (C=O) groups is 1. The number of hydrogen-bond donors (Lipinski definition) is 0. The number of ketones is 1. The second-order valence-electron chi connectivity index (χ2n) is 3.98. The van der Waals surface area contributed by atoms with Crippen molar-refractivity contribution in [1.29, 1.82) is 0 Å². The molecule has 0 N–H and O–H groups in total. The molecule has 0 aliphatic heterocycles. The van der Waals surface area contributed by atoms with Crippen LogP contribution in [0.1, 0.15) is 32.3 Å². The maximum Gasteiger partial charge on any atom is 0.178 e. The van der Waals surface area contributed by atoms with Crippen LogP contribution in [0.4, 0.5) is 0 Å². The summed E-state index contributed by atoms with van der Waals surface area (Å²) in [5.74, 6) is 0.151. The summed E-state index contributed by atoms with van der Waals surface area (Å²) >= 11 is 0. The Bertz CT molecular complexity index is 489. The lowest BCUT2D eigenvalue weighted by atomic mass is 10.1. The monoisotopic (exact) mass is 254 g/mol. The molecule has 0 aliphatic carbocycles. The van der Waals surface area contributed by atoms with Gasteiger partial charge in [0.15, 0.2) is 9.84 Å². The van der Waals surface area contributed by atoms with E-state index in [1.807, 2.05) is 6.92 Å². The minimum atomic E-state index is -3.24. The van der Waals surface area contributed by atoms with E-state index in [9.17, 15) is 13.2 Å². The highest BCUT2D eigenvalue weighted by Crippen LogP contribution is 2.18. The van der Waals surface area contributed by atoms with Gasteiger partial charge in [-0.3, -0.25) is 4.79 Å². The van der Waals surface area contributed by atoms with Crippen LogP contribution in [-0.4, -0.2) is 20.0 Å². The molecule has 0 unspecified atom stereocenters. The van der Waals surface area contributed by atoms with Crippen molar-refractivity contribution in [1.82, 2.24) is 0 Å². The number of rotatable bonds is 6. The smallest absolute Gasteiger partial charge is 0.178 e. The number of sulfone groups is 1. The van der Waals surface area contributed by atoms with Gasteiger partial charge in [0.2, 0.25) is 0 Å². The Balaban J connectivity index is 3.05. The summed E-state index contributed by atoms with van der Waals surface area (Å²) in [6.07, 6.45) is 1.51. The molecular formula is C13H18O3S. The second kappa shape index (κ2) is 5.96. The fourth-order valence-corrected chi connectivity index (χ4v) is 2.83. The Morgan fingerprint density at radius 3 is 2.41 bits per heavy atom. The SMILES string of the molecule is CCCC(=O)Cc1ccccc1S(=O)(=O)CC. The first-order valence-electron chi connectivity index (χ1n) is 5.83. The van der Waals surface area contributed by atoms with Crippen LogP contribution in [0.3, 0.4) is 0 Å². The molecule has 3 nitrogen and oxygen atoms in total. The third-order valence-electron chi connectivity index (χ3n) is 2.60. The highest BCUT2D eigenvalue weighted by atomic mass is 32.2. The van der Waals surface area contributed by atoms with Crippen LogP contribution in [0.25, 0.3) is 0 Å². The lowest BCUT2D eigenvalue weighted by Gasteiger charge is -2.08. The topological polar surface area (TPSA) is 51.2 Å². The van der Waals surface area contributed by atoms with Gasteiger partial charge >= 0.3 is 0 Å². The van der Waals surface area contributed by atoms with Gasteiger partial charge in [-0.1, -0.05) is 32.0 Å². The molecule has 0 radical (unpaired) electrons. The largest absolute Gasteiger partial charge is 0.299 e. The fourth-order valence-electron chi connectivity index (χ4n) is 1.69. The van der Waals surface area contributed by atoms with Crippen molar-refractivity contribution in [3.63, 3.8) is 0 Å². The van der Waals surface area contributed by atoms with Gasteiger partial charge in [0.05, 0.1) is 10.6 Å². The van der Waals surface area contributed by atoms with Gasteiger partial charge in [0, 0.05) is 12.8 Å². The van der Waals surface area contributed by atoms with Crippen molar-refractivity contribution in [3.05, 3.63) is 29.8 Å². The van der Waals surface area contributed by atoms with Crippen LogP contribution in [-0.2, 0) is 21.1 Å². The van der Waals surface area contributed by atoms with Crippen LogP contribution in [0.15, 0.2) is 29.2 Å². The molecule has 94 valence electrons. The van der Waals surface area contributed by atoms with Gasteiger partial charge in [0.1, 0.15) is 5.78 Å². The molecule has 0 saturated heterocycles. The van der Waals surface area contributed by atoms with Crippen molar-refractivity contribution >= 4 is 15.6 Å². The average molecular weight is 254 g/mol. The molecular weight excluding hydrogens is 236 g/mol. The van der Waals surface area contributed by atoms with Gasteiger partial charge in [-0.15, -0.1) is 0 Å². The number of Topliss-reactive ketones (excluding diaryl/α,β-unsaturated/α-hetero) is 1. The van der Waals surface area contributed by atoms with Gasteiger partial charge in [-0.25, -0.2) is 8.42 Å². The summed E-state index contributed by atoms with van der Waals surface area (Å²) in [6, 6.07) is 6.75. The van der Waals surface area contributed by atoms with Crippen LogP contribution in [0, 0.1) is 0 Å². The zero-order valence-electron chi connectivity index (χ0n) is 10.3. The molecule has 4 heteroatoms. The average Bonchev–Trinajstić information content (AvgIpc) is 2.30. The molecule has 1 aromatic carbocycles. The summed E-state index contributed by atoms with van der Waals surface area (Å²) in [5, 5.41) is 0. The van der Waals surface area contributed by atoms with Crippen LogP contribution in [0.2, 0.25) is 0 Å². The first-order chi connectivity index (χ1) is 8.01. The van der Waals surface area contributed by atoms with Crippen molar-refractivity contribution < 1.29 is 13.2 Å². The predicted octanol–water partition coefficient (Wildman–Crippen LogP) is 2.39. The van der Waals surface area contributed by atoms with E-state index in [1.165, 1.54) is 0 Å². The summed E-state index contributed by atoms with van der Waals surface area (Å²) < 4.78 is 23.7. The molecule has 0 aliphatic rings. The van der Waals surface area contributed by atoms with Gasteiger partial charge in [-0.05, 0) is 18.1 Å². The Hall–Kier alpha value is -1.16. The van der Waals surface area contributed by atoms with Gasteiger partial charge in [0.25, 0.3) is 0 Å². The standard InChI is InChI=1S/C13H18O3S/c1-3-7-12(14)10-11-8-5-6-9-13(11)17(15,16)4-2/h5-6,8-9H,3-4,7,10H2,1-2H3. The lowest BCUT2D eigenvalue weighted by molar-refractivity contribution is -0.118. The predicted molar refractivity (Wildman–Crippen MR) is 67.8 cm³/mol. The molecule has 0 heterocycles. The summed E-state index contributed by atoms with van der Waals surface area (Å²) in [5.41, 5.74) is 0.618. The molecule has 0 bridgehead atoms. The second-order valence-corrected chi connectivity index (χ2v) is 6.22. The van der Waals surface area contributed by atoms with Gasteiger partial charge in [-0.2, -0.15) is 0 Å². The number of carbonyl (C=O) groups excluding carboxylic acids is 1. The Labute approximate surface area is 103 Å². The maximum absolute atomic E-state index is 11.8. The molecule has 0 atom stereocenters. The van der Waals surface area contributed by atoms with Crippen molar-refractivity contribution in [2.75, 3.05) is 5.75 Å².